The molecular weight excluding hydrogens is 246 g/mol. The van der Waals surface area contributed by atoms with E-state index in [0.717, 1.165) is 31.5 Å². The van der Waals surface area contributed by atoms with Gasteiger partial charge in [0.2, 0.25) is 0 Å². The van der Waals surface area contributed by atoms with Crippen LogP contribution in [0.25, 0.3) is 0 Å². The lowest BCUT2D eigenvalue weighted by molar-refractivity contribution is 0.0699. The number of hydrogen-bond acceptors (Lipinski definition) is 3. The van der Waals surface area contributed by atoms with Crippen molar-refractivity contribution in [2.75, 3.05) is 6.54 Å². The van der Waals surface area contributed by atoms with Crippen LogP contribution in [0.1, 0.15) is 55.3 Å². The first kappa shape index (κ1) is 15.2. The molecule has 1 atom stereocenters. The molecule has 102 valence electrons. The van der Waals surface area contributed by atoms with Gasteiger partial charge in [-0.2, -0.15) is 0 Å². The van der Waals surface area contributed by atoms with E-state index in [1.807, 2.05) is 11.4 Å². The predicted octanol–water partition coefficient (Wildman–Crippen LogP) is 3.85. The summed E-state index contributed by atoms with van der Waals surface area (Å²) in [5.41, 5.74) is 0.948. The highest BCUT2D eigenvalue weighted by Gasteiger charge is 2.17. The topological polar surface area (TPSA) is 40.5 Å². The molecule has 1 heterocycles. The molecule has 0 aliphatic carbocycles. The van der Waals surface area contributed by atoms with Gasteiger partial charge in [0, 0.05) is 12.6 Å². The van der Waals surface area contributed by atoms with Gasteiger partial charge in [-0.3, -0.25) is 4.90 Å². The molecule has 0 aliphatic heterocycles. The normalized spacial score (nSPS) is 12.9. The minimum Gasteiger partial charge on any atom is -0.477 e. The molecule has 3 nitrogen and oxygen atoms in total. The lowest BCUT2D eigenvalue weighted by atomic mass is 10.1. The molecule has 1 aromatic rings. The Labute approximate surface area is 113 Å². The summed E-state index contributed by atoms with van der Waals surface area (Å²) in [6.07, 6.45) is 3.43. The van der Waals surface area contributed by atoms with Crippen molar-refractivity contribution in [3.63, 3.8) is 0 Å². The van der Waals surface area contributed by atoms with Crippen LogP contribution in [0.4, 0.5) is 0 Å². The van der Waals surface area contributed by atoms with Crippen LogP contribution in [0, 0.1) is 0 Å². The van der Waals surface area contributed by atoms with Crippen LogP contribution in [0.3, 0.4) is 0 Å². The van der Waals surface area contributed by atoms with Gasteiger partial charge < -0.3 is 5.11 Å². The second-order valence-electron chi connectivity index (χ2n) is 4.66. The summed E-state index contributed by atoms with van der Waals surface area (Å²) in [4.78, 5) is 14.0. The van der Waals surface area contributed by atoms with Gasteiger partial charge >= 0.3 is 5.97 Å². The van der Waals surface area contributed by atoms with Gasteiger partial charge in [-0.05, 0) is 43.3 Å². The van der Waals surface area contributed by atoms with E-state index < -0.39 is 5.97 Å². The standard InChI is InChI=1S/C14H23NO2S/c1-4-6-8-15(11(3)5-2)10-12-7-9-18-13(12)14(16)17/h7,9,11H,4-6,8,10H2,1-3H3,(H,16,17). The molecule has 0 radical (unpaired) electrons. The molecule has 18 heavy (non-hydrogen) atoms. The Hall–Kier alpha value is -0.870. The van der Waals surface area contributed by atoms with E-state index in [-0.39, 0.29) is 0 Å². The second-order valence-corrected chi connectivity index (χ2v) is 5.58. The van der Waals surface area contributed by atoms with E-state index in [4.69, 9.17) is 5.11 Å². The Morgan fingerprint density at radius 1 is 1.50 bits per heavy atom. The molecule has 4 heteroatoms. The molecule has 0 aromatic carbocycles. The predicted molar refractivity (Wildman–Crippen MR) is 76.3 cm³/mol. The van der Waals surface area contributed by atoms with Crippen molar-refractivity contribution in [1.82, 2.24) is 4.90 Å². The minimum atomic E-state index is -0.806. The van der Waals surface area contributed by atoms with E-state index >= 15 is 0 Å². The van der Waals surface area contributed by atoms with Crippen molar-refractivity contribution < 1.29 is 9.90 Å². The first-order valence-electron chi connectivity index (χ1n) is 6.63. The van der Waals surface area contributed by atoms with E-state index in [1.165, 1.54) is 17.8 Å². The molecule has 1 rings (SSSR count). The van der Waals surface area contributed by atoms with Crippen LogP contribution < -0.4 is 0 Å². The SMILES string of the molecule is CCCCN(Cc1ccsc1C(=O)O)C(C)CC. The summed E-state index contributed by atoms with van der Waals surface area (Å²) < 4.78 is 0. The third-order valence-corrected chi connectivity index (χ3v) is 4.27. The van der Waals surface area contributed by atoms with Crippen LogP contribution in [0.2, 0.25) is 0 Å². The third-order valence-electron chi connectivity index (χ3n) is 3.33. The average Bonchev–Trinajstić information content (AvgIpc) is 2.81. The number of aromatic carboxylic acids is 1. The molecule has 1 unspecified atom stereocenters. The van der Waals surface area contributed by atoms with Crippen molar-refractivity contribution in [3.05, 3.63) is 21.9 Å². The van der Waals surface area contributed by atoms with Crippen molar-refractivity contribution in [2.45, 2.75) is 52.6 Å². The van der Waals surface area contributed by atoms with Gasteiger partial charge in [-0.1, -0.05) is 20.3 Å². The lowest BCUT2D eigenvalue weighted by Crippen LogP contribution is -2.33. The van der Waals surface area contributed by atoms with Gasteiger partial charge in [-0.15, -0.1) is 11.3 Å². The molecule has 0 amide bonds. The fraction of sp³-hybridized carbons (Fsp3) is 0.643. The summed E-state index contributed by atoms with van der Waals surface area (Å²) in [7, 11) is 0. The Kier molecular flexibility index (Phi) is 6.36. The average molecular weight is 269 g/mol. The van der Waals surface area contributed by atoms with Crippen molar-refractivity contribution in [1.29, 1.82) is 0 Å². The zero-order chi connectivity index (χ0) is 13.5. The van der Waals surface area contributed by atoms with Gasteiger partial charge in [0.1, 0.15) is 4.88 Å². The summed E-state index contributed by atoms with van der Waals surface area (Å²) in [6.45, 7) is 8.36. The lowest BCUT2D eigenvalue weighted by Gasteiger charge is -2.28. The Morgan fingerprint density at radius 3 is 2.78 bits per heavy atom. The monoisotopic (exact) mass is 269 g/mol. The third kappa shape index (κ3) is 4.10. The van der Waals surface area contributed by atoms with E-state index in [2.05, 4.69) is 25.7 Å². The highest BCUT2D eigenvalue weighted by molar-refractivity contribution is 7.12. The largest absolute Gasteiger partial charge is 0.477 e. The molecule has 1 aromatic heterocycles. The highest BCUT2D eigenvalue weighted by Crippen LogP contribution is 2.20. The molecule has 0 saturated carbocycles. The maximum absolute atomic E-state index is 11.1. The number of rotatable bonds is 8. The molecule has 0 aliphatic rings. The number of carboxylic acid groups (broad SMARTS) is 1. The highest BCUT2D eigenvalue weighted by atomic mass is 32.1. The number of unbranched alkanes of at least 4 members (excludes halogenated alkanes) is 1. The van der Waals surface area contributed by atoms with Crippen LogP contribution >= 0.6 is 11.3 Å². The molecule has 0 spiro atoms. The van der Waals surface area contributed by atoms with Gasteiger partial charge in [0.25, 0.3) is 0 Å². The van der Waals surface area contributed by atoms with E-state index in [0.29, 0.717) is 10.9 Å². The summed E-state index contributed by atoms with van der Waals surface area (Å²) in [6, 6.07) is 2.44. The first-order chi connectivity index (χ1) is 8.60. The first-order valence-corrected chi connectivity index (χ1v) is 7.51. The maximum atomic E-state index is 11.1. The van der Waals surface area contributed by atoms with E-state index in [9.17, 15) is 4.79 Å². The van der Waals surface area contributed by atoms with Gasteiger partial charge in [0.05, 0.1) is 0 Å². The Bertz CT molecular complexity index is 376. The van der Waals surface area contributed by atoms with Crippen molar-refractivity contribution in [3.8, 4) is 0 Å². The summed E-state index contributed by atoms with van der Waals surface area (Å²) >= 11 is 1.32. The van der Waals surface area contributed by atoms with Gasteiger partial charge in [0.15, 0.2) is 0 Å². The molecule has 0 bridgehead atoms. The van der Waals surface area contributed by atoms with Crippen molar-refractivity contribution in [2.24, 2.45) is 0 Å². The zero-order valence-electron chi connectivity index (χ0n) is 11.5. The fourth-order valence-corrected chi connectivity index (χ4v) is 2.69. The number of thiophene rings is 1. The van der Waals surface area contributed by atoms with Gasteiger partial charge in [-0.25, -0.2) is 4.79 Å². The minimum absolute atomic E-state index is 0.486. The quantitative estimate of drug-likeness (QED) is 0.779. The summed E-state index contributed by atoms with van der Waals surface area (Å²) in [5.74, 6) is -0.806. The fourth-order valence-electron chi connectivity index (χ4n) is 1.94. The Morgan fingerprint density at radius 2 is 2.22 bits per heavy atom. The maximum Gasteiger partial charge on any atom is 0.346 e. The van der Waals surface area contributed by atoms with Crippen molar-refractivity contribution >= 4 is 17.3 Å². The smallest absolute Gasteiger partial charge is 0.346 e. The van der Waals surface area contributed by atoms with Crippen LogP contribution in [0.5, 0.6) is 0 Å². The molecule has 1 N–H and O–H groups in total. The number of carbonyl (C=O) groups is 1. The number of carboxylic acids is 1. The Balaban J connectivity index is 2.75. The second kappa shape index (κ2) is 7.54. The molecule has 0 saturated heterocycles. The summed E-state index contributed by atoms with van der Waals surface area (Å²) in [5, 5.41) is 11.0. The molecule has 0 fully saturated rings. The van der Waals surface area contributed by atoms with Crippen LogP contribution in [0.15, 0.2) is 11.4 Å². The number of hydrogen-bond donors (Lipinski definition) is 1. The van der Waals surface area contributed by atoms with Crippen LogP contribution in [-0.4, -0.2) is 28.6 Å². The van der Waals surface area contributed by atoms with E-state index in [1.54, 1.807) is 0 Å². The molecular formula is C14H23NO2S. The zero-order valence-corrected chi connectivity index (χ0v) is 12.3. The van der Waals surface area contributed by atoms with Crippen LogP contribution in [-0.2, 0) is 6.54 Å². The number of nitrogens with zero attached hydrogens (tertiary/aromatic N) is 1.